The highest BCUT2D eigenvalue weighted by molar-refractivity contribution is 9.10. The third-order valence-electron chi connectivity index (χ3n) is 2.23. The summed E-state index contributed by atoms with van der Waals surface area (Å²) in [6.07, 6.45) is 0. The van der Waals surface area contributed by atoms with E-state index >= 15 is 0 Å². The first-order valence-corrected chi connectivity index (χ1v) is 6.73. The van der Waals surface area contributed by atoms with Crippen molar-refractivity contribution in [1.82, 2.24) is 0 Å². The van der Waals surface area contributed by atoms with Crippen LogP contribution in [0.3, 0.4) is 0 Å². The Balaban J connectivity index is 0.00000289. The number of hydrogen-bond acceptors (Lipinski definition) is 3. The molecule has 0 aliphatic carbocycles. The second kappa shape index (κ2) is 8.10. The van der Waals surface area contributed by atoms with Crippen molar-refractivity contribution in [1.29, 1.82) is 0 Å². The van der Waals surface area contributed by atoms with Gasteiger partial charge in [-0.1, -0.05) is 11.6 Å². The van der Waals surface area contributed by atoms with Gasteiger partial charge < -0.3 is 15.2 Å². The lowest BCUT2D eigenvalue weighted by Crippen LogP contribution is -2.08. The molecule has 0 spiro atoms. The molecule has 0 saturated carbocycles. The third kappa shape index (κ3) is 3.92. The molecule has 0 bridgehead atoms. The van der Waals surface area contributed by atoms with Gasteiger partial charge in [-0.05, 0) is 48.3 Å². The van der Waals surface area contributed by atoms with Crippen molar-refractivity contribution < 1.29 is 9.47 Å². The fraction of sp³-hybridized carbons (Fsp3) is 0.500. The van der Waals surface area contributed by atoms with Crippen molar-refractivity contribution in [3.63, 3.8) is 0 Å². The van der Waals surface area contributed by atoms with Crippen LogP contribution in [0, 0.1) is 0 Å². The number of ether oxygens (including phenoxy) is 2. The van der Waals surface area contributed by atoms with Gasteiger partial charge in [-0.2, -0.15) is 0 Å². The smallest absolute Gasteiger partial charge is 0.156 e. The van der Waals surface area contributed by atoms with Crippen molar-refractivity contribution >= 4 is 39.9 Å². The van der Waals surface area contributed by atoms with E-state index in [1.165, 1.54) is 0 Å². The molecule has 1 rings (SSSR count). The molecule has 1 unspecified atom stereocenters. The Morgan fingerprint density at radius 2 is 1.89 bits per heavy atom. The van der Waals surface area contributed by atoms with Gasteiger partial charge in [-0.15, -0.1) is 12.4 Å². The van der Waals surface area contributed by atoms with Crippen molar-refractivity contribution in [3.8, 4) is 11.5 Å². The highest BCUT2D eigenvalue weighted by Gasteiger charge is 2.19. The van der Waals surface area contributed by atoms with Crippen LogP contribution in [0.25, 0.3) is 0 Å². The zero-order valence-corrected chi connectivity index (χ0v) is 13.8. The maximum Gasteiger partial charge on any atom is 0.156 e. The summed E-state index contributed by atoms with van der Waals surface area (Å²) < 4.78 is 11.8. The van der Waals surface area contributed by atoms with Crippen molar-refractivity contribution in [2.45, 2.75) is 26.8 Å². The van der Waals surface area contributed by atoms with E-state index in [4.69, 9.17) is 26.8 Å². The van der Waals surface area contributed by atoms with Gasteiger partial charge >= 0.3 is 0 Å². The predicted octanol–water partition coefficient (Wildman–Crippen LogP) is 4.34. The maximum absolute atomic E-state index is 6.27. The topological polar surface area (TPSA) is 44.5 Å². The number of nitrogens with two attached hydrogens (primary N) is 1. The van der Waals surface area contributed by atoms with Gasteiger partial charge in [0.2, 0.25) is 0 Å². The van der Waals surface area contributed by atoms with E-state index in [1.807, 2.05) is 26.8 Å². The Bertz CT molecular complexity index is 400. The van der Waals surface area contributed by atoms with Crippen LogP contribution in [0.4, 0.5) is 0 Å². The summed E-state index contributed by atoms with van der Waals surface area (Å²) in [4.78, 5) is 0. The molecule has 0 amide bonds. The van der Waals surface area contributed by atoms with E-state index in [9.17, 15) is 0 Å². The molecule has 0 heterocycles. The lowest BCUT2D eigenvalue weighted by atomic mass is 10.1. The molecule has 6 heteroatoms. The monoisotopic (exact) mass is 357 g/mol. The molecule has 1 aromatic carbocycles. The number of benzene rings is 1. The van der Waals surface area contributed by atoms with Crippen molar-refractivity contribution in [2.75, 3.05) is 13.2 Å². The van der Waals surface area contributed by atoms with Gasteiger partial charge in [-0.25, -0.2) is 0 Å². The minimum atomic E-state index is -0.172. The molecule has 1 aromatic rings. The Morgan fingerprint density at radius 3 is 2.33 bits per heavy atom. The number of halogens is 3. The van der Waals surface area contributed by atoms with E-state index in [-0.39, 0.29) is 18.4 Å². The fourth-order valence-electron chi connectivity index (χ4n) is 1.47. The molecule has 0 aromatic heterocycles. The summed E-state index contributed by atoms with van der Waals surface area (Å²) in [7, 11) is 0. The normalized spacial score (nSPS) is 11.7. The summed E-state index contributed by atoms with van der Waals surface area (Å²) in [5.41, 5.74) is 6.70. The number of hydrogen-bond donors (Lipinski definition) is 1. The summed E-state index contributed by atoms with van der Waals surface area (Å²) >= 11 is 9.71. The first-order valence-electron chi connectivity index (χ1n) is 5.55. The van der Waals surface area contributed by atoms with Crippen LogP contribution in [-0.2, 0) is 0 Å². The summed E-state index contributed by atoms with van der Waals surface area (Å²) in [6.45, 7) is 6.81. The minimum Gasteiger partial charge on any atom is -0.493 e. The van der Waals surface area contributed by atoms with Crippen LogP contribution in [0.5, 0.6) is 11.5 Å². The molecular weight excluding hydrogens is 341 g/mol. The average molecular weight is 359 g/mol. The van der Waals surface area contributed by atoms with Gasteiger partial charge in [0.15, 0.2) is 5.75 Å². The molecule has 0 radical (unpaired) electrons. The van der Waals surface area contributed by atoms with E-state index in [2.05, 4.69) is 15.9 Å². The SMILES string of the molecule is CCOc1cc(C(C)N)c(Cl)c(OCC)c1Br.Cl. The Hall–Kier alpha value is -0.160. The van der Waals surface area contributed by atoms with Gasteiger partial charge in [0.05, 0.1) is 18.2 Å². The molecule has 3 nitrogen and oxygen atoms in total. The summed E-state index contributed by atoms with van der Waals surface area (Å²) in [5, 5.41) is 0.539. The van der Waals surface area contributed by atoms with Crippen LogP contribution in [0.2, 0.25) is 5.02 Å². The second-order valence-electron chi connectivity index (χ2n) is 3.58. The van der Waals surface area contributed by atoms with Crippen LogP contribution >= 0.6 is 39.9 Å². The van der Waals surface area contributed by atoms with E-state index in [0.29, 0.717) is 29.7 Å². The third-order valence-corrected chi connectivity index (χ3v) is 3.37. The van der Waals surface area contributed by atoms with E-state index < -0.39 is 0 Å². The van der Waals surface area contributed by atoms with Gasteiger partial charge in [0, 0.05) is 6.04 Å². The van der Waals surface area contributed by atoms with Crippen LogP contribution < -0.4 is 15.2 Å². The molecular formula is C12H18BrCl2NO2. The van der Waals surface area contributed by atoms with E-state index in [1.54, 1.807) is 0 Å². The summed E-state index contributed by atoms with van der Waals surface area (Å²) in [5.74, 6) is 1.29. The highest BCUT2D eigenvalue weighted by atomic mass is 79.9. The molecule has 2 N–H and O–H groups in total. The zero-order chi connectivity index (χ0) is 13.0. The van der Waals surface area contributed by atoms with Gasteiger partial charge in [0.25, 0.3) is 0 Å². The second-order valence-corrected chi connectivity index (χ2v) is 4.75. The van der Waals surface area contributed by atoms with Crippen LogP contribution in [0.1, 0.15) is 32.4 Å². The summed E-state index contributed by atoms with van der Waals surface area (Å²) in [6, 6.07) is 1.68. The molecule has 0 saturated heterocycles. The quantitative estimate of drug-likeness (QED) is 0.851. The molecule has 1 atom stereocenters. The lowest BCUT2D eigenvalue weighted by molar-refractivity contribution is 0.318. The van der Waals surface area contributed by atoms with Gasteiger partial charge in [0.1, 0.15) is 10.2 Å². The molecule has 104 valence electrons. The predicted molar refractivity (Wildman–Crippen MR) is 81.3 cm³/mol. The fourth-order valence-corrected chi connectivity index (χ4v) is 2.50. The Morgan fingerprint density at radius 1 is 1.33 bits per heavy atom. The van der Waals surface area contributed by atoms with Gasteiger partial charge in [-0.3, -0.25) is 0 Å². The van der Waals surface area contributed by atoms with Crippen LogP contribution in [-0.4, -0.2) is 13.2 Å². The van der Waals surface area contributed by atoms with E-state index in [0.717, 1.165) is 10.0 Å². The Kier molecular flexibility index (Phi) is 8.03. The minimum absolute atomic E-state index is 0. The number of rotatable bonds is 5. The van der Waals surface area contributed by atoms with Crippen molar-refractivity contribution in [2.24, 2.45) is 5.73 Å². The first-order chi connectivity index (χ1) is 8.02. The van der Waals surface area contributed by atoms with Crippen LogP contribution in [0.15, 0.2) is 10.5 Å². The largest absolute Gasteiger partial charge is 0.493 e. The standard InChI is InChI=1S/C12H17BrClNO2.ClH/c1-4-16-9-6-8(7(3)15)11(14)12(10(9)13)17-5-2;/h6-7H,4-5,15H2,1-3H3;1H. The van der Waals surface area contributed by atoms with Crippen molar-refractivity contribution in [3.05, 3.63) is 21.1 Å². The molecule has 0 aliphatic heterocycles. The lowest BCUT2D eigenvalue weighted by Gasteiger charge is -2.17. The zero-order valence-electron chi connectivity index (χ0n) is 10.6. The molecule has 0 aliphatic rings. The molecule has 18 heavy (non-hydrogen) atoms. The highest BCUT2D eigenvalue weighted by Crippen LogP contribution is 2.44. The average Bonchev–Trinajstić information content (AvgIpc) is 2.27. The maximum atomic E-state index is 6.27. The molecule has 0 fully saturated rings. The first kappa shape index (κ1) is 17.8. The Labute approximate surface area is 128 Å².